The molecule has 0 aliphatic carbocycles. The Bertz CT molecular complexity index is 451. The topological polar surface area (TPSA) is 29.1 Å². The lowest BCUT2D eigenvalue weighted by Gasteiger charge is -2.11. The number of hydrogen-bond acceptors (Lipinski definition) is 1. The molecule has 0 fully saturated rings. The maximum absolute atomic E-state index is 11.8. The molecule has 1 aromatic carbocycles. The van der Waals surface area contributed by atoms with Crippen molar-refractivity contribution in [2.24, 2.45) is 0 Å². The number of carbonyl (C=O) groups excluding carboxylic acids is 1. The molecule has 2 nitrogen and oxygen atoms in total. The molecular weight excluding hydrogens is 217 g/mol. The lowest BCUT2D eigenvalue weighted by Crippen LogP contribution is -2.05. The third-order valence-electron chi connectivity index (χ3n) is 2.93. The minimum atomic E-state index is -0.0426. The second-order valence-corrected chi connectivity index (χ2v) is 7.03. The van der Waals surface area contributed by atoms with Crippen molar-refractivity contribution >= 4 is 25.1 Å². The van der Waals surface area contributed by atoms with Crippen molar-refractivity contribution in [2.75, 3.05) is 18.6 Å². The molecule has 1 N–H and O–H groups in total. The molecule has 3 heteroatoms. The van der Waals surface area contributed by atoms with E-state index < -0.39 is 0 Å². The van der Waals surface area contributed by atoms with E-state index >= 15 is 0 Å². The lowest BCUT2D eigenvalue weighted by atomic mass is 10.1. The van der Waals surface area contributed by atoms with Gasteiger partial charge in [-0.05, 0) is 25.1 Å². The third kappa shape index (κ3) is 2.03. The first-order valence-electron chi connectivity index (χ1n) is 5.38. The standard InChI is InChI=1S/C13H16NOP/c1-9(16(2)3)8-11-10-6-4-5-7-12(10)14-13(11)15/h4-9H,1-3H3,(H,14,15)/b11-8-. The summed E-state index contributed by atoms with van der Waals surface area (Å²) in [4.78, 5) is 11.8. The van der Waals surface area contributed by atoms with Crippen LogP contribution in [0.2, 0.25) is 0 Å². The van der Waals surface area contributed by atoms with Crippen LogP contribution in [0.25, 0.3) is 5.57 Å². The Morgan fingerprint density at radius 3 is 2.69 bits per heavy atom. The molecule has 0 saturated heterocycles. The highest BCUT2D eigenvalue weighted by molar-refractivity contribution is 7.56. The zero-order valence-corrected chi connectivity index (χ0v) is 10.7. The molecule has 16 heavy (non-hydrogen) atoms. The molecule has 0 aromatic heterocycles. The fourth-order valence-corrected chi connectivity index (χ4v) is 2.14. The van der Waals surface area contributed by atoms with E-state index in [0.717, 1.165) is 16.8 Å². The summed E-state index contributed by atoms with van der Waals surface area (Å²) >= 11 is 0. The van der Waals surface area contributed by atoms with Gasteiger partial charge in [0.1, 0.15) is 0 Å². The fourth-order valence-electron chi connectivity index (χ4n) is 1.69. The van der Waals surface area contributed by atoms with Crippen LogP contribution in [0.1, 0.15) is 12.5 Å². The van der Waals surface area contributed by atoms with Crippen molar-refractivity contribution in [1.82, 2.24) is 0 Å². The number of nitrogens with one attached hydrogen (secondary N) is 1. The van der Waals surface area contributed by atoms with Crippen LogP contribution in [0.4, 0.5) is 5.69 Å². The van der Waals surface area contributed by atoms with E-state index in [2.05, 4.69) is 31.6 Å². The van der Waals surface area contributed by atoms with Gasteiger partial charge in [-0.25, -0.2) is 0 Å². The number of carbonyl (C=O) groups is 1. The van der Waals surface area contributed by atoms with Crippen LogP contribution in [-0.4, -0.2) is 24.9 Å². The lowest BCUT2D eigenvalue weighted by molar-refractivity contribution is -0.110. The van der Waals surface area contributed by atoms with Gasteiger partial charge in [0, 0.05) is 16.8 Å². The summed E-state index contributed by atoms with van der Waals surface area (Å²) in [6, 6.07) is 7.86. The predicted molar refractivity (Wildman–Crippen MR) is 71.3 cm³/mol. The Balaban J connectivity index is 2.39. The molecule has 1 aliphatic rings. The SMILES string of the molecule is CC(/C=C1\C(=O)Nc2ccccc21)P(C)C. The summed E-state index contributed by atoms with van der Waals surface area (Å²) in [5.41, 5.74) is 3.28. The Kier molecular flexibility index (Phi) is 3.11. The van der Waals surface area contributed by atoms with Gasteiger partial charge in [-0.2, -0.15) is 0 Å². The number of benzene rings is 1. The van der Waals surface area contributed by atoms with Gasteiger partial charge < -0.3 is 5.32 Å². The van der Waals surface area contributed by atoms with Crippen LogP contribution >= 0.6 is 7.92 Å². The molecule has 0 bridgehead atoms. The molecule has 1 unspecified atom stereocenters. The Hall–Kier alpha value is -1.14. The molecule has 1 aromatic rings. The van der Waals surface area contributed by atoms with E-state index in [-0.39, 0.29) is 13.8 Å². The minimum absolute atomic E-state index is 0.0323. The Morgan fingerprint density at radius 2 is 2.00 bits per heavy atom. The average Bonchev–Trinajstić information content (AvgIpc) is 2.55. The smallest absolute Gasteiger partial charge is 0.256 e. The quantitative estimate of drug-likeness (QED) is 0.617. The number of allylic oxidation sites excluding steroid dienone is 1. The monoisotopic (exact) mass is 233 g/mol. The number of amides is 1. The highest BCUT2D eigenvalue weighted by atomic mass is 31.1. The highest BCUT2D eigenvalue weighted by Gasteiger charge is 2.24. The van der Waals surface area contributed by atoms with Crippen molar-refractivity contribution in [3.63, 3.8) is 0 Å². The van der Waals surface area contributed by atoms with E-state index in [1.807, 2.05) is 24.3 Å². The van der Waals surface area contributed by atoms with Gasteiger partial charge in [0.15, 0.2) is 0 Å². The van der Waals surface area contributed by atoms with Crippen molar-refractivity contribution in [2.45, 2.75) is 12.6 Å². The zero-order chi connectivity index (χ0) is 11.7. The highest BCUT2D eigenvalue weighted by Crippen LogP contribution is 2.37. The summed E-state index contributed by atoms with van der Waals surface area (Å²) in [5, 5.41) is 2.89. The third-order valence-corrected chi connectivity index (χ3v) is 4.71. The van der Waals surface area contributed by atoms with Gasteiger partial charge in [-0.15, -0.1) is 7.92 Å². The zero-order valence-electron chi connectivity index (χ0n) is 9.82. The second kappa shape index (κ2) is 4.39. The van der Waals surface area contributed by atoms with Crippen LogP contribution in [0, 0.1) is 0 Å². The van der Waals surface area contributed by atoms with Crippen LogP contribution in [0.3, 0.4) is 0 Å². The molecular formula is C13H16NOP. The Labute approximate surface area is 97.5 Å². The molecule has 2 rings (SSSR count). The second-order valence-electron chi connectivity index (χ2n) is 4.28. The minimum Gasteiger partial charge on any atom is -0.321 e. The van der Waals surface area contributed by atoms with E-state index in [9.17, 15) is 4.79 Å². The van der Waals surface area contributed by atoms with Crippen molar-refractivity contribution in [3.8, 4) is 0 Å². The molecule has 0 saturated carbocycles. The largest absolute Gasteiger partial charge is 0.321 e. The van der Waals surface area contributed by atoms with Crippen molar-refractivity contribution in [1.29, 1.82) is 0 Å². The van der Waals surface area contributed by atoms with Crippen LogP contribution in [-0.2, 0) is 4.79 Å². The molecule has 0 spiro atoms. The number of hydrogen-bond donors (Lipinski definition) is 1. The van der Waals surface area contributed by atoms with Crippen molar-refractivity contribution in [3.05, 3.63) is 35.9 Å². The summed E-state index contributed by atoms with van der Waals surface area (Å²) in [6.07, 6.45) is 2.10. The maximum Gasteiger partial charge on any atom is 0.256 e. The first kappa shape index (κ1) is 11.3. The van der Waals surface area contributed by atoms with E-state index in [1.165, 1.54) is 0 Å². The van der Waals surface area contributed by atoms with E-state index in [0.29, 0.717) is 5.66 Å². The van der Waals surface area contributed by atoms with E-state index in [1.54, 1.807) is 0 Å². The predicted octanol–water partition coefficient (Wildman–Crippen LogP) is 3.15. The molecule has 0 radical (unpaired) electrons. The number of para-hydroxylation sites is 1. The molecule has 1 amide bonds. The molecule has 84 valence electrons. The first-order chi connectivity index (χ1) is 7.59. The van der Waals surface area contributed by atoms with Gasteiger partial charge >= 0.3 is 0 Å². The normalized spacial score (nSPS) is 18.8. The van der Waals surface area contributed by atoms with Crippen LogP contribution in [0.5, 0.6) is 0 Å². The number of fused-ring (bicyclic) bond motifs is 1. The van der Waals surface area contributed by atoms with Crippen LogP contribution < -0.4 is 5.32 Å². The fraction of sp³-hybridized carbons (Fsp3) is 0.308. The first-order valence-corrected chi connectivity index (χ1v) is 7.69. The van der Waals surface area contributed by atoms with Gasteiger partial charge in [0.05, 0.1) is 0 Å². The van der Waals surface area contributed by atoms with Gasteiger partial charge in [-0.1, -0.05) is 31.2 Å². The van der Waals surface area contributed by atoms with Gasteiger partial charge in [0.25, 0.3) is 5.91 Å². The summed E-state index contributed by atoms with van der Waals surface area (Å²) < 4.78 is 0. The molecule has 1 aliphatic heterocycles. The van der Waals surface area contributed by atoms with Crippen molar-refractivity contribution < 1.29 is 4.79 Å². The van der Waals surface area contributed by atoms with Crippen LogP contribution in [0.15, 0.2) is 30.3 Å². The van der Waals surface area contributed by atoms with Gasteiger partial charge in [-0.3, -0.25) is 4.79 Å². The summed E-state index contributed by atoms with van der Waals surface area (Å²) in [6.45, 7) is 6.64. The average molecular weight is 233 g/mol. The maximum atomic E-state index is 11.8. The molecule has 1 atom stereocenters. The Morgan fingerprint density at radius 1 is 1.31 bits per heavy atom. The number of rotatable bonds is 2. The van der Waals surface area contributed by atoms with Gasteiger partial charge in [0.2, 0.25) is 0 Å². The van der Waals surface area contributed by atoms with E-state index in [4.69, 9.17) is 0 Å². The summed E-state index contributed by atoms with van der Waals surface area (Å²) in [5.74, 6) is 0.0323. The molecule has 1 heterocycles. The summed E-state index contributed by atoms with van der Waals surface area (Å²) in [7, 11) is -0.0426. The number of anilines is 1.